The molecule has 0 aliphatic heterocycles. The molecule has 0 aliphatic rings. The van der Waals surface area contributed by atoms with Crippen LogP contribution in [0, 0.1) is 6.92 Å². The van der Waals surface area contributed by atoms with Crippen LogP contribution in [0.5, 0.6) is 0 Å². The average Bonchev–Trinajstić information content (AvgIpc) is 2.90. The van der Waals surface area contributed by atoms with Gasteiger partial charge in [0.1, 0.15) is 5.56 Å². The SMILES string of the molecule is Cc1csc2ncc(C(=O)Nc3ccc(N(C)C)cc3)c(=O)n12. The van der Waals surface area contributed by atoms with Crippen LogP contribution in [0.4, 0.5) is 11.4 Å². The summed E-state index contributed by atoms with van der Waals surface area (Å²) in [4.78, 5) is 31.5. The summed E-state index contributed by atoms with van der Waals surface area (Å²) in [6.45, 7) is 1.81. The smallest absolute Gasteiger partial charge is 0.271 e. The second-order valence-electron chi connectivity index (χ2n) is 5.37. The van der Waals surface area contributed by atoms with Crippen molar-refractivity contribution in [3.63, 3.8) is 0 Å². The predicted octanol–water partition coefficient (Wildman–Crippen LogP) is 2.38. The highest BCUT2D eigenvalue weighted by atomic mass is 32.1. The summed E-state index contributed by atoms with van der Waals surface area (Å²) in [5, 5.41) is 4.57. The maximum absolute atomic E-state index is 12.4. The minimum atomic E-state index is -0.458. The lowest BCUT2D eigenvalue weighted by Crippen LogP contribution is -2.26. The first kappa shape index (κ1) is 15.2. The first-order chi connectivity index (χ1) is 11.0. The summed E-state index contributed by atoms with van der Waals surface area (Å²) in [6.07, 6.45) is 1.33. The van der Waals surface area contributed by atoms with Gasteiger partial charge in [0.2, 0.25) is 0 Å². The van der Waals surface area contributed by atoms with Gasteiger partial charge >= 0.3 is 0 Å². The molecular formula is C16H16N4O2S. The van der Waals surface area contributed by atoms with E-state index in [0.29, 0.717) is 10.6 Å². The maximum atomic E-state index is 12.4. The van der Waals surface area contributed by atoms with E-state index in [2.05, 4.69) is 10.3 Å². The van der Waals surface area contributed by atoms with Gasteiger partial charge in [-0.15, -0.1) is 11.3 Å². The first-order valence-corrected chi connectivity index (χ1v) is 7.90. The Balaban J connectivity index is 1.90. The summed E-state index contributed by atoms with van der Waals surface area (Å²) in [5.74, 6) is -0.458. The number of hydrogen-bond acceptors (Lipinski definition) is 5. The third kappa shape index (κ3) is 2.83. The molecule has 2 aromatic heterocycles. The number of nitrogens with zero attached hydrogens (tertiary/aromatic N) is 3. The van der Waals surface area contributed by atoms with E-state index in [1.807, 2.05) is 43.4 Å². The second kappa shape index (κ2) is 5.85. The molecule has 3 aromatic rings. The monoisotopic (exact) mass is 328 g/mol. The number of fused-ring (bicyclic) bond motifs is 1. The predicted molar refractivity (Wildman–Crippen MR) is 92.8 cm³/mol. The second-order valence-corrected chi connectivity index (χ2v) is 6.20. The maximum Gasteiger partial charge on any atom is 0.271 e. The highest BCUT2D eigenvalue weighted by molar-refractivity contribution is 7.15. The van der Waals surface area contributed by atoms with E-state index < -0.39 is 5.91 Å². The van der Waals surface area contributed by atoms with Crippen LogP contribution in [-0.4, -0.2) is 29.4 Å². The van der Waals surface area contributed by atoms with Gasteiger partial charge in [0.15, 0.2) is 4.96 Å². The number of amides is 1. The van der Waals surface area contributed by atoms with Gasteiger partial charge in [-0.3, -0.25) is 14.0 Å². The third-order valence-electron chi connectivity index (χ3n) is 3.50. The van der Waals surface area contributed by atoms with Crippen molar-refractivity contribution < 1.29 is 4.79 Å². The molecule has 0 unspecified atom stereocenters. The highest BCUT2D eigenvalue weighted by Gasteiger charge is 2.15. The molecule has 7 heteroatoms. The number of hydrogen-bond donors (Lipinski definition) is 1. The normalized spacial score (nSPS) is 10.7. The van der Waals surface area contributed by atoms with E-state index in [0.717, 1.165) is 11.4 Å². The molecule has 1 N–H and O–H groups in total. The zero-order valence-corrected chi connectivity index (χ0v) is 13.8. The van der Waals surface area contributed by atoms with E-state index in [-0.39, 0.29) is 11.1 Å². The quantitative estimate of drug-likeness (QED) is 0.802. The van der Waals surface area contributed by atoms with Gasteiger partial charge in [-0.1, -0.05) is 0 Å². The molecule has 1 aromatic carbocycles. The van der Waals surface area contributed by atoms with Gasteiger partial charge in [0.05, 0.1) is 0 Å². The number of rotatable bonds is 3. The average molecular weight is 328 g/mol. The van der Waals surface area contributed by atoms with Gasteiger partial charge in [-0.05, 0) is 31.2 Å². The lowest BCUT2D eigenvalue weighted by molar-refractivity contribution is 0.102. The van der Waals surface area contributed by atoms with Gasteiger partial charge in [0.25, 0.3) is 11.5 Å². The van der Waals surface area contributed by atoms with E-state index in [4.69, 9.17) is 0 Å². The molecule has 23 heavy (non-hydrogen) atoms. The number of carbonyl (C=O) groups is 1. The molecule has 0 spiro atoms. The Kier molecular flexibility index (Phi) is 3.87. The minimum absolute atomic E-state index is 0.0284. The summed E-state index contributed by atoms with van der Waals surface area (Å²) in [5.41, 5.74) is 2.11. The molecule has 0 radical (unpaired) electrons. The van der Waals surface area contributed by atoms with E-state index in [1.165, 1.54) is 21.9 Å². The molecule has 1 amide bonds. The lowest BCUT2D eigenvalue weighted by Gasteiger charge is -2.13. The molecule has 0 fully saturated rings. The standard InChI is InChI=1S/C16H16N4O2S/c1-10-9-23-16-17-8-13(15(22)20(10)16)14(21)18-11-4-6-12(7-5-11)19(2)3/h4-9H,1-3H3,(H,18,21). The van der Waals surface area contributed by atoms with Crippen LogP contribution in [0.3, 0.4) is 0 Å². The van der Waals surface area contributed by atoms with Crippen LogP contribution >= 0.6 is 11.3 Å². The Morgan fingerprint density at radius 1 is 1.26 bits per heavy atom. The molecule has 2 heterocycles. The fourth-order valence-corrected chi connectivity index (χ4v) is 3.05. The Bertz CT molecular complexity index is 925. The Morgan fingerprint density at radius 2 is 1.96 bits per heavy atom. The Labute approximate surface area is 137 Å². The van der Waals surface area contributed by atoms with Crippen molar-refractivity contribution in [3.8, 4) is 0 Å². The van der Waals surface area contributed by atoms with Gasteiger partial charge in [-0.2, -0.15) is 0 Å². The fourth-order valence-electron chi connectivity index (χ4n) is 2.22. The van der Waals surface area contributed by atoms with Crippen LogP contribution in [0.15, 0.2) is 40.6 Å². The number of aromatic nitrogens is 2. The van der Waals surface area contributed by atoms with Crippen molar-refractivity contribution >= 4 is 33.6 Å². The van der Waals surface area contributed by atoms with Crippen molar-refractivity contribution in [2.45, 2.75) is 6.92 Å². The molecule has 0 saturated heterocycles. The van der Waals surface area contributed by atoms with Crippen LogP contribution in [0.2, 0.25) is 0 Å². The summed E-state index contributed by atoms with van der Waals surface area (Å²) in [6, 6.07) is 7.39. The molecule has 3 rings (SSSR count). The van der Waals surface area contributed by atoms with E-state index in [9.17, 15) is 9.59 Å². The number of carbonyl (C=O) groups excluding carboxylic acids is 1. The lowest BCUT2D eigenvalue weighted by atomic mass is 10.2. The van der Waals surface area contributed by atoms with Crippen LogP contribution < -0.4 is 15.8 Å². The zero-order valence-electron chi connectivity index (χ0n) is 13.0. The van der Waals surface area contributed by atoms with E-state index >= 15 is 0 Å². The van der Waals surface area contributed by atoms with Gasteiger partial charge in [-0.25, -0.2) is 4.98 Å². The number of nitrogens with one attached hydrogen (secondary N) is 1. The molecule has 0 aliphatic carbocycles. The minimum Gasteiger partial charge on any atom is -0.378 e. The third-order valence-corrected chi connectivity index (χ3v) is 4.46. The molecular weight excluding hydrogens is 312 g/mol. The van der Waals surface area contributed by atoms with E-state index in [1.54, 1.807) is 12.1 Å². The number of aryl methyl sites for hydroxylation is 1. The molecule has 0 saturated carbocycles. The van der Waals surface area contributed by atoms with Crippen molar-refractivity contribution in [2.75, 3.05) is 24.3 Å². The molecule has 0 atom stereocenters. The van der Waals surface area contributed by atoms with Crippen LogP contribution in [0.25, 0.3) is 4.96 Å². The van der Waals surface area contributed by atoms with Crippen molar-refractivity contribution in [3.05, 3.63) is 57.5 Å². The topological polar surface area (TPSA) is 66.7 Å². The molecule has 0 bridgehead atoms. The first-order valence-electron chi connectivity index (χ1n) is 7.02. The van der Waals surface area contributed by atoms with Crippen LogP contribution in [0.1, 0.15) is 16.1 Å². The number of anilines is 2. The summed E-state index contributed by atoms with van der Waals surface area (Å²) < 4.78 is 1.45. The zero-order chi connectivity index (χ0) is 16.6. The largest absolute Gasteiger partial charge is 0.378 e. The number of thiazole rings is 1. The summed E-state index contributed by atoms with van der Waals surface area (Å²) in [7, 11) is 3.89. The molecule has 6 nitrogen and oxygen atoms in total. The fraction of sp³-hybridized carbons (Fsp3) is 0.188. The van der Waals surface area contributed by atoms with Crippen LogP contribution in [-0.2, 0) is 0 Å². The van der Waals surface area contributed by atoms with Crippen molar-refractivity contribution in [1.82, 2.24) is 9.38 Å². The molecule has 118 valence electrons. The Hall–Kier alpha value is -2.67. The van der Waals surface area contributed by atoms with Gasteiger partial charge < -0.3 is 10.2 Å². The van der Waals surface area contributed by atoms with Crippen molar-refractivity contribution in [1.29, 1.82) is 0 Å². The highest BCUT2D eigenvalue weighted by Crippen LogP contribution is 2.16. The number of benzene rings is 1. The summed E-state index contributed by atoms with van der Waals surface area (Å²) >= 11 is 1.37. The van der Waals surface area contributed by atoms with Gasteiger partial charge in [0, 0.05) is 42.7 Å². The van der Waals surface area contributed by atoms with Crippen molar-refractivity contribution in [2.24, 2.45) is 0 Å². The Morgan fingerprint density at radius 3 is 2.61 bits per heavy atom.